The van der Waals surface area contributed by atoms with Crippen LogP contribution in [0.4, 0.5) is 21.5 Å². The highest BCUT2D eigenvalue weighted by Crippen LogP contribution is 2.24. The van der Waals surface area contributed by atoms with Crippen LogP contribution in [0.15, 0.2) is 36.4 Å². The van der Waals surface area contributed by atoms with Gasteiger partial charge in [0.25, 0.3) is 0 Å². The van der Waals surface area contributed by atoms with Crippen LogP contribution < -0.4 is 11.1 Å². The molecule has 0 atom stereocenters. The molecule has 17 heavy (non-hydrogen) atoms. The Morgan fingerprint density at radius 2 is 1.82 bits per heavy atom. The van der Waals surface area contributed by atoms with E-state index in [0.717, 1.165) is 16.9 Å². The minimum Gasteiger partial charge on any atom is -0.397 e. The highest BCUT2D eigenvalue weighted by Gasteiger charge is 2.02. The maximum absolute atomic E-state index is 13.1. The van der Waals surface area contributed by atoms with Crippen molar-refractivity contribution in [1.29, 1.82) is 0 Å². The predicted molar refractivity (Wildman–Crippen MR) is 70.0 cm³/mol. The molecule has 0 aromatic heterocycles. The Morgan fingerprint density at radius 3 is 2.47 bits per heavy atom. The number of anilines is 3. The first-order chi connectivity index (χ1) is 8.06. The molecule has 0 radical (unpaired) electrons. The molecule has 3 N–H and O–H groups in total. The third kappa shape index (κ3) is 2.56. The molecule has 0 saturated heterocycles. The van der Waals surface area contributed by atoms with E-state index in [1.54, 1.807) is 19.1 Å². The molecule has 2 rings (SSSR count). The van der Waals surface area contributed by atoms with Crippen molar-refractivity contribution >= 4 is 17.1 Å². The van der Waals surface area contributed by atoms with Gasteiger partial charge in [0, 0.05) is 5.69 Å². The van der Waals surface area contributed by atoms with E-state index in [4.69, 9.17) is 5.73 Å². The van der Waals surface area contributed by atoms with Crippen LogP contribution in [0, 0.1) is 19.7 Å². The van der Waals surface area contributed by atoms with Crippen molar-refractivity contribution in [1.82, 2.24) is 0 Å². The second-order valence-corrected chi connectivity index (χ2v) is 4.18. The zero-order valence-electron chi connectivity index (χ0n) is 9.92. The summed E-state index contributed by atoms with van der Waals surface area (Å²) < 4.78 is 13.1. The molecule has 0 aliphatic heterocycles. The minimum absolute atomic E-state index is 0.201. The van der Waals surface area contributed by atoms with Crippen molar-refractivity contribution in [3.05, 3.63) is 53.3 Å². The van der Waals surface area contributed by atoms with Gasteiger partial charge in [-0.05, 0) is 55.3 Å². The SMILES string of the molecule is Cc1ccc(Nc2ccc(F)c(C)c2)c(N)c1. The molecule has 2 aromatic rings. The van der Waals surface area contributed by atoms with E-state index in [1.165, 1.54) is 6.07 Å². The summed E-state index contributed by atoms with van der Waals surface area (Å²) in [5.74, 6) is -0.201. The normalized spacial score (nSPS) is 10.3. The van der Waals surface area contributed by atoms with Crippen LogP contribution in [0.25, 0.3) is 0 Å². The lowest BCUT2D eigenvalue weighted by Gasteiger charge is -2.10. The maximum Gasteiger partial charge on any atom is 0.126 e. The number of halogens is 1. The van der Waals surface area contributed by atoms with Crippen LogP contribution in [-0.4, -0.2) is 0 Å². The maximum atomic E-state index is 13.1. The molecular formula is C14H15FN2. The molecular weight excluding hydrogens is 215 g/mol. The van der Waals surface area contributed by atoms with E-state index in [0.29, 0.717) is 11.3 Å². The van der Waals surface area contributed by atoms with Crippen molar-refractivity contribution < 1.29 is 4.39 Å². The summed E-state index contributed by atoms with van der Waals surface area (Å²) in [5.41, 5.74) is 9.98. The number of hydrogen-bond donors (Lipinski definition) is 2. The summed E-state index contributed by atoms with van der Waals surface area (Å²) in [6, 6.07) is 10.7. The molecule has 0 heterocycles. The molecule has 0 spiro atoms. The molecule has 0 bridgehead atoms. The largest absolute Gasteiger partial charge is 0.397 e. The van der Waals surface area contributed by atoms with Crippen LogP contribution in [0.5, 0.6) is 0 Å². The molecule has 0 aliphatic carbocycles. The van der Waals surface area contributed by atoms with Crippen LogP contribution in [0.1, 0.15) is 11.1 Å². The summed E-state index contributed by atoms with van der Waals surface area (Å²) in [4.78, 5) is 0. The van der Waals surface area contributed by atoms with Gasteiger partial charge in [-0.15, -0.1) is 0 Å². The van der Waals surface area contributed by atoms with Crippen molar-refractivity contribution in [3.63, 3.8) is 0 Å². The Hall–Kier alpha value is -2.03. The lowest BCUT2D eigenvalue weighted by molar-refractivity contribution is 0.619. The molecule has 2 nitrogen and oxygen atoms in total. The van der Waals surface area contributed by atoms with Crippen molar-refractivity contribution in [3.8, 4) is 0 Å². The average Bonchev–Trinajstić information content (AvgIpc) is 2.27. The van der Waals surface area contributed by atoms with Gasteiger partial charge in [-0.3, -0.25) is 0 Å². The predicted octanol–water partition coefficient (Wildman–Crippen LogP) is 3.77. The first-order valence-electron chi connectivity index (χ1n) is 5.45. The fourth-order valence-corrected chi connectivity index (χ4v) is 1.67. The Balaban J connectivity index is 2.28. The summed E-state index contributed by atoms with van der Waals surface area (Å²) in [5, 5.41) is 3.18. The molecule has 0 unspecified atom stereocenters. The fraction of sp³-hybridized carbons (Fsp3) is 0.143. The van der Waals surface area contributed by atoms with Crippen LogP contribution in [0.3, 0.4) is 0 Å². The third-order valence-electron chi connectivity index (χ3n) is 2.64. The fourth-order valence-electron chi connectivity index (χ4n) is 1.67. The van der Waals surface area contributed by atoms with Gasteiger partial charge in [0.1, 0.15) is 5.82 Å². The average molecular weight is 230 g/mol. The third-order valence-corrected chi connectivity index (χ3v) is 2.64. The number of nitrogens with two attached hydrogens (primary N) is 1. The highest BCUT2D eigenvalue weighted by atomic mass is 19.1. The number of hydrogen-bond acceptors (Lipinski definition) is 2. The second-order valence-electron chi connectivity index (χ2n) is 4.18. The van der Waals surface area contributed by atoms with E-state index < -0.39 is 0 Å². The topological polar surface area (TPSA) is 38.0 Å². The number of aryl methyl sites for hydroxylation is 2. The first-order valence-corrected chi connectivity index (χ1v) is 5.45. The summed E-state index contributed by atoms with van der Waals surface area (Å²) in [7, 11) is 0. The van der Waals surface area contributed by atoms with E-state index in [1.807, 2.05) is 25.1 Å². The second kappa shape index (κ2) is 4.45. The standard InChI is InChI=1S/C14H15FN2/c1-9-3-6-14(13(16)7-9)17-11-4-5-12(15)10(2)8-11/h3-8,17H,16H2,1-2H3. The Morgan fingerprint density at radius 1 is 1.06 bits per heavy atom. The lowest BCUT2D eigenvalue weighted by atomic mass is 10.1. The van der Waals surface area contributed by atoms with Gasteiger partial charge in [-0.1, -0.05) is 6.07 Å². The molecule has 0 amide bonds. The molecule has 2 aromatic carbocycles. The van der Waals surface area contributed by atoms with Gasteiger partial charge >= 0.3 is 0 Å². The molecule has 0 saturated carbocycles. The molecule has 88 valence electrons. The smallest absolute Gasteiger partial charge is 0.126 e. The van der Waals surface area contributed by atoms with Gasteiger partial charge in [0.2, 0.25) is 0 Å². The van der Waals surface area contributed by atoms with Gasteiger partial charge in [0.15, 0.2) is 0 Å². The monoisotopic (exact) mass is 230 g/mol. The Labute approximate surface area is 100 Å². The summed E-state index contributed by atoms with van der Waals surface area (Å²) >= 11 is 0. The lowest BCUT2D eigenvalue weighted by Crippen LogP contribution is -1.97. The van der Waals surface area contributed by atoms with E-state index >= 15 is 0 Å². The van der Waals surface area contributed by atoms with Gasteiger partial charge in [0.05, 0.1) is 11.4 Å². The van der Waals surface area contributed by atoms with Gasteiger partial charge in [-0.2, -0.15) is 0 Å². The molecule has 0 aliphatic rings. The summed E-state index contributed by atoms with van der Waals surface area (Å²) in [6.45, 7) is 3.72. The minimum atomic E-state index is -0.201. The van der Waals surface area contributed by atoms with Crippen LogP contribution in [-0.2, 0) is 0 Å². The quantitative estimate of drug-likeness (QED) is 0.771. The van der Waals surface area contributed by atoms with Crippen LogP contribution >= 0.6 is 0 Å². The van der Waals surface area contributed by atoms with Gasteiger partial charge < -0.3 is 11.1 Å². The Bertz CT molecular complexity index is 550. The van der Waals surface area contributed by atoms with E-state index in [2.05, 4.69) is 5.32 Å². The first kappa shape index (κ1) is 11.5. The van der Waals surface area contributed by atoms with Crippen molar-refractivity contribution in [2.45, 2.75) is 13.8 Å². The number of nitrogens with one attached hydrogen (secondary N) is 1. The van der Waals surface area contributed by atoms with E-state index in [9.17, 15) is 4.39 Å². The molecule has 0 fully saturated rings. The molecule has 3 heteroatoms. The summed E-state index contributed by atoms with van der Waals surface area (Å²) in [6.07, 6.45) is 0. The van der Waals surface area contributed by atoms with Crippen molar-refractivity contribution in [2.75, 3.05) is 11.1 Å². The zero-order valence-corrected chi connectivity index (χ0v) is 9.92. The zero-order chi connectivity index (χ0) is 12.4. The highest BCUT2D eigenvalue weighted by molar-refractivity contribution is 5.73. The number of rotatable bonds is 2. The number of nitrogen functional groups attached to an aromatic ring is 1. The van der Waals surface area contributed by atoms with Crippen LogP contribution in [0.2, 0.25) is 0 Å². The van der Waals surface area contributed by atoms with E-state index in [-0.39, 0.29) is 5.82 Å². The number of benzene rings is 2. The Kier molecular flexibility index (Phi) is 3.00. The van der Waals surface area contributed by atoms with Crippen molar-refractivity contribution in [2.24, 2.45) is 0 Å². The van der Waals surface area contributed by atoms with Gasteiger partial charge in [-0.25, -0.2) is 4.39 Å².